The molecule has 6 heteroatoms. The number of benzene rings is 2. The van der Waals surface area contributed by atoms with Crippen molar-refractivity contribution < 1.29 is 19.4 Å². The maximum absolute atomic E-state index is 12.8. The largest absolute Gasteiger partial charge is 0.479 e. The Kier molecular flexibility index (Phi) is 6.45. The fraction of sp³-hybridized carbons (Fsp3) is 0.263. The average Bonchev–Trinajstić information content (AvgIpc) is 2.65. The summed E-state index contributed by atoms with van der Waals surface area (Å²) >= 11 is 12.6. The molecule has 0 amide bonds. The second kappa shape index (κ2) is 8.37. The number of hydrogen-bond acceptors (Lipinski definition) is 3. The molecular weight excluding hydrogens is 363 g/mol. The monoisotopic (exact) mass is 380 g/mol. The van der Waals surface area contributed by atoms with E-state index < -0.39 is 16.9 Å². The molecule has 0 aliphatic rings. The molecule has 2 unspecified atom stereocenters. The first-order valence-corrected chi connectivity index (χ1v) is 8.68. The van der Waals surface area contributed by atoms with E-state index in [9.17, 15) is 9.59 Å². The summed E-state index contributed by atoms with van der Waals surface area (Å²) in [5, 5.41) is 9.05. The number of carbonyl (C=O) groups is 2. The van der Waals surface area contributed by atoms with E-state index in [4.69, 9.17) is 33.0 Å². The highest BCUT2D eigenvalue weighted by Crippen LogP contribution is 2.35. The number of halogens is 2. The molecule has 0 aliphatic heterocycles. The number of alkyl halides is 2. The second-order valence-corrected chi connectivity index (χ2v) is 6.42. The van der Waals surface area contributed by atoms with Gasteiger partial charge in [-0.25, -0.2) is 4.79 Å². The van der Waals surface area contributed by atoms with Crippen molar-refractivity contribution in [2.24, 2.45) is 0 Å². The van der Waals surface area contributed by atoms with Gasteiger partial charge in [-0.05, 0) is 24.1 Å². The molecule has 2 atom stereocenters. The van der Waals surface area contributed by atoms with Crippen LogP contribution >= 0.6 is 23.2 Å². The third-order valence-corrected chi connectivity index (χ3v) is 4.88. The number of hydrogen-bond donors (Lipinski definition) is 1. The number of carboxylic acids is 1. The highest BCUT2D eigenvalue weighted by molar-refractivity contribution is 6.42. The molecule has 0 radical (unpaired) electrons. The maximum Gasteiger partial charge on any atom is 0.344 e. The van der Waals surface area contributed by atoms with Crippen LogP contribution in [0.4, 0.5) is 0 Å². The summed E-state index contributed by atoms with van der Waals surface area (Å²) < 4.78 is 5.41. The zero-order valence-electron chi connectivity index (χ0n) is 13.6. The molecule has 2 aromatic rings. The molecule has 0 aromatic heterocycles. The summed E-state index contributed by atoms with van der Waals surface area (Å²) in [7, 11) is 0. The van der Waals surface area contributed by atoms with E-state index in [0.29, 0.717) is 23.3 Å². The molecule has 25 heavy (non-hydrogen) atoms. The van der Waals surface area contributed by atoms with Gasteiger partial charge in [0.2, 0.25) is 0 Å². The standard InChI is InChI=1S/C19H18Cl2O4/c1-2-16(18(23)24)25-15-10-8-14(9-11-15)19(21,12-20)17(22)13-6-4-3-5-7-13/h3-11,16H,2,12H2,1H3,(H,23,24). The maximum atomic E-state index is 12.8. The van der Waals surface area contributed by atoms with Gasteiger partial charge in [0.05, 0.1) is 5.88 Å². The normalized spacial score (nSPS) is 14.4. The molecule has 4 nitrogen and oxygen atoms in total. The Morgan fingerprint density at radius 3 is 2.20 bits per heavy atom. The third kappa shape index (κ3) is 4.33. The Hall–Kier alpha value is -2.04. The van der Waals surface area contributed by atoms with Crippen molar-refractivity contribution in [1.29, 1.82) is 0 Å². The first-order valence-electron chi connectivity index (χ1n) is 7.77. The molecular formula is C19H18Cl2O4. The summed E-state index contributed by atoms with van der Waals surface area (Å²) in [6.45, 7) is 1.73. The minimum atomic E-state index is -1.40. The van der Waals surface area contributed by atoms with Crippen molar-refractivity contribution in [3.8, 4) is 5.75 Å². The van der Waals surface area contributed by atoms with Crippen LogP contribution in [0.2, 0.25) is 0 Å². The lowest BCUT2D eigenvalue weighted by Crippen LogP contribution is -2.32. The van der Waals surface area contributed by atoms with Gasteiger partial charge < -0.3 is 9.84 Å². The lowest BCUT2D eigenvalue weighted by Gasteiger charge is -2.24. The first kappa shape index (κ1) is 19.3. The zero-order chi connectivity index (χ0) is 18.4. The van der Waals surface area contributed by atoms with Crippen molar-refractivity contribution in [2.75, 3.05) is 5.88 Å². The van der Waals surface area contributed by atoms with Gasteiger partial charge in [-0.15, -0.1) is 23.2 Å². The molecule has 0 saturated carbocycles. The van der Waals surface area contributed by atoms with Crippen LogP contribution in [0.15, 0.2) is 54.6 Å². The summed E-state index contributed by atoms with van der Waals surface area (Å²) in [6, 6.07) is 15.1. The number of aliphatic carboxylic acids is 1. The minimum absolute atomic E-state index is 0.102. The van der Waals surface area contributed by atoms with Gasteiger partial charge in [0.1, 0.15) is 10.6 Å². The molecule has 2 rings (SSSR count). The minimum Gasteiger partial charge on any atom is -0.479 e. The van der Waals surface area contributed by atoms with Gasteiger partial charge >= 0.3 is 5.97 Å². The molecule has 0 spiro atoms. The topological polar surface area (TPSA) is 63.6 Å². The lowest BCUT2D eigenvalue weighted by molar-refractivity contribution is -0.145. The smallest absolute Gasteiger partial charge is 0.344 e. The van der Waals surface area contributed by atoms with E-state index in [-0.39, 0.29) is 11.7 Å². The molecule has 0 bridgehead atoms. The number of rotatable bonds is 8. The Morgan fingerprint density at radius 2 is 1.72 bits per heavy atom. The van der Waals surface area contributed by atoms with Crippen molar-refractivity contribution in [2.45, 2.75) is 24.3 Å². The van der Waals surface area contributed by atoms with E-state index in [2.05, 4.69) is 0 Å². The van der Waals surface area contributed by atoms with Crippen LogP contribution in [0.5, 0.6) is 5.75 Å². The fourth-order valence-electron chi connectivity index (χ4n) is 2.36. The van der Waals surface area contributed by atoms with Crippen LogP contribution in [-0.2, 0) is 9.67 Å². The van der Waals surface area contributed by atoms with E-state index in [1.165, 1.54) is 0 Å². The number of carbonyl (C=O) groups excluding carboxylic acids is 1. The summed E-state index contributed by atoms with van der Waals surface area (Å²) in [6.07, 6.45) is -0.587. The Balaban J connectivity index is 2.26. The number of carboxylic acid groups (broad SMARTS) is 1. The Labute approximate surface area is 156 Å². The molecule has 132 valence electrons. The van der Waals surface area contributed by atoms with Crippen LogP contribution < -0.4 is 4.74 Å². The molecule has 0 fully saturated rings. The lowest BCUT2D eigenvalue weighted by atomic mass is 9.91. The predicted molar refractivity (Wildman–Crippen MR) is 97.8 cm³/mol. The highest BCUT2D eigenvalue weighted by Gasteiger charge is 2.38. The quantitative estimate of drug-likeness (QED) is 0.541. The molecule has 0 aliphatic carbocycles. The van der Waals surface area contributed by atoms with E-state index in [1.54, 1.807) is 55.5 Å². The van der Waals surface area contributed by atoms with E-state index in [0.717, 1.165) is 0 Å². The van der Waals surface area contributed by atoms with Gasteiger partial charge in [-0.2, -0.15) is 0 Å². The van der Waals surface area contributed by atoms with Crippen molar-refractivity contribution in [1.82, 2.24) is 0 Å². The Bertz CT molecular complexity index is 731. The van der Waals surface area contributed by atoms with Crippen molar-refractivity contribution >= 4 is 35.0 Å². The van der Waals surface area contributed by atoms with Gasteiger partial charge in [-0.3, -0.25) is 4.79 Å². The molecule has 0 heterocycles. The predicted octanol–water partition coefficient (Wildman–Crippen LogP) is 4.48. The van der Waals surface area contributed by atoms with Crippen molar-refractivity contribution in [3.05, 3.63) is 65.7 Å². The van der Waals surface area contributed by atoms with Gasteiger partial charge in [0, 0.05) is 5.56 Å². The Morgan fingerprint density at radius 1 is 1.12 bits per heavy atom. The van der Waals surface area contributed by atoms with Crippen LogP contribution in [0.25, 0.3) is 0 Å². The molecule has 0 saturated heterocycles. The van der Waals surface area contributed by atoms with Crippen LogP contribution in [0, 0.1) is 0 Å². The average molecular weight is 381 g/mol. The van der Waals surface area contributed by atoms with E-state index >= 15 is 0 Å². The van der Waals surface area contributed by atoms with Gasteiger partial charge in [0.25, 0.3) is 0 Å². The van der Waals surface area contributed by atoms with E-state index in [1.807, 2.05) is 6.07 Å². The van der Waals surface area contributed by atoms with Gasteiger partial charge in [-0.1, -0.05) is 49.4 Å². The SMILES string of the molecule is CCC(Oc1ccc(C(Cl)(CCl)C(=O)c2ccccc2)cc1)C(=O)O. The number of ketones is 1. The van der Waals surface area contributed by atoms with Crippen LogP contribution in [0.1, 0.15) is 29.3 Å². The number of ether oxygens (including phenoxy) is 1. The second-order valence-electron chi connectivity index (χ2n) is 5.51. The first-order chi connectivity index (χ1) is 11.9. The summed E-state index contributed by atoms with van der Waals surface area (Å²) in [5.74, 6) is -1.04. The third-order valence-electron chi connectivity index (χ3n) is 3.82. The van der Waals surface area contributed by atoms with Crippen LogP contribution in [0.3, 0.4) is 0 Å². The molecule has 1 N–H and O–H groups in total. The zero-order valence-corrected chi connectivity index (χ0v) is 15.1. The van der Waals surface area contributed by atoms with Crippen molar-refractivity contribution in [3.63, 3.8) is 0 Å². The fourth-order valence-corrected chi connectivity index (χ4v) is 2.87. The summed E-state index contributed by atoms with van der Waals surface area (Å²) in [5.41, 5.74) is 0.990. The molecule has 2 aromatic carbocycles. The van der Waals surface area contributed by atoms with Gasteiger partial charge in [0.15, 0.2) is 11.9 Å². The highest BCUT2D eigenvalue weighted by atomic mass is 35.5. The van der Waals surface area contributed by atoms with Crippen LogP contribution in [-0.4, -0.2) is 28.8 Å². The summed E-state index contributed by atoms with van der Waals surface area (Å²) in [4.78, 5) is 22.4. The number of Topliss-reactive ketones (excluding diaryl/α,β-unsaturated/α-hetero) is 1.